The summed E-state index contributed by atoms with van der Waals surface area (Å²) in [6, 6.07) is 0. The first kappa shape index (κ1) is 50.2. The van der Waals surface area contributed by atoms with E-state index in [0.29, 0.717) is 25.7 Å². The zero-order chi connectivity index (χ0) is 39.1. The van der Waals surface area contributed by atoms with Gasteiger partial charge in [-0.1, -0.05) is 144 Å². The quantitative estimate of drug-likeness (QED) is 0.0189. The number of carbonyl (C=O) groups excluding carboxylic acids is 2. The van der Waals surface area contributed by atoms with Crippen molar-refractivity contribution in [1.29, 1.82) is 0 Å². The molecule has 9 nitrogen and oxygen atoms in total. The van der Waals surface area contributed by atoms with Gasteiger partial charge in [0.15, 0.2) is 6.10 Å². The first-order chi connectivity index (χ1) is 25.7. The SMILES string of the molecule is CCCCC/C=C\C/C=C\C/C=C\C/C=C\CCCC(=O)O[C@H](COC(=O)CCCC(O)/C=C/C=C/C/C=C/CCCCCCCC)COP(=O)(O)O. The van der Waals surface area contributed by atoms with Gasteiger partial charge in [0.2, 0.25) is 0 Å². The van der Waals surface area contributed by atoms with Crippen LogP contribution in [0.25, 0.3) is 0 Å². The zero-order valence-electron chi connectivity index (χ0n) is 32.7. The fraction of sp³-hybridized carbons (Fsp3) is 0.628. The molecule has 1 unspecified atom stereocenters. The molecule has 0 rings (SSSR count). The van der Waals surface area contributed by atoms with E-state index in [1.807, 2.05) is 24.3 Å². The minimum Gasteiger partial charge on any atom is -0.462 e. The molecule has 53 heavy (non-hydrogen) atoms. The first-order valence-electron chi connectivity index (χ1n) is 20.0. The number of hydrogen-bond donors (Lipinski definition) is 3. The van der Waals surface area contributed by atoms with Crippen LogP contribution in [0, 0.1) is 0 Å². The summed E-state index contributed by atoms with van der Waals surface area (Å²) in [5.74, 6) is -1.16. The lowest BCUT2D eigenvalue weighted by Crippen LogP contribution is -2.29. The van der Waals surface area contributed by atoms with Gasteiger partial charge in [0.25, 0.3) is 0 Å². The lowest BCUT2D eigenvalue weighted by Gasteiger charge is -2.18. The minimum atomic E-state index is -4.82. The van der Waals surface area contributed by atoms with Gasteiger partial charge in [0.1, 0.15) is 6.61 Å². The van der Waals surface area contributed by atoms with Crippen molar-refractivity contribution in [1.82, 2.24) is 0 Å². The Bertz CT molecular complexity index is 1150. The van der Waals surface area contributed by atoms with E-state index >= 15 is 0 Å². The van der Waals surface area contributed by atoms with Crippen LogP contribution in [0.2, 0.25) is 0 Å². The van der Waals surface area contributed by atoms with Crippen LogP contribution in [0.3, 0.4) is 0 Å². The molecule has 0 aliphatic heterocycles. The second kappa shape index (κ2) is 37.5. The number of carbonyl (C=O) groups is 2. The predicted molar refractivity (Wildman–Crippen MR) is 217 cm³/mol. The van der Waals surface area contributed by atoms with Crippen LogP contribution in [-0.4, -0.2) is 52.3 Å². The van der Waals surface area contributed by atoms with Crippen molar-refractivity contribution in [2.24, 2.45) is 0 Å². The highest BCUT2D eigenvalue weighted by atomic mass is 31.2. The normalized spacial score (nSPS) is 14.0. The maximum Gasteiger partial charge on any atom is 0.469 e. The number of ether oxygens (including phenoxy) is 2. The van der Waals surface area contributed by atoms with Gasteiger partial charge < -0.3 is 24.4 Å². The number of phosphoric acid groups is 1. The summed E-state index contributed by atoms with van der Waals surface area (Å²) in [7, 11) is -4.82. The summed E-state index contributed by atoms with van der Waals surface area (Å²) in [6.45, 7) is 3.42. The second-order valence-electron chi connectivity index (χ2n) is 13.1. The number of aliphatic hydroxyl groups excluding tert-OH is 1. The fourth-order valence-electron chi connectivity index (χ4n) is 4.96. The molecule has 0 aliphatic rings. The molecule has 0 aromatic rings. The highest BCUT2D eigenvalue weighted by molar-refractivity contribution is 7.46. The molecule has 0 aromatic heterocycles. The van der Waals surface area contributed by atoms with E-state index in [2.05, 4.69) is 67.0 Å². The van der Waals surface area contributed by atoms with E-state index in [0.717, 1.165) is 38.5 Å². The van der Waals surface area contributed by atoms with Crippen LogP contribution in [0.15, 0.2) is 85.1 Å². The monoisotopic (exact) mass is 762 g/mol. The summed E-state index contributed by atoms with van der Waals surface area (Å²) in [5.41, 5.74) is 0. The molecule has 0 saturated heterocycles. The molecule has 0 amide bonds. The van der Waals surface area contributed by atoms with Crippen molar-refractivity contribution in [3.63, 3.8) is 0 Å². The molecule has 0 bridgehead atoms. The number of rotatable bonds is 35. The standard InChI is InChI=1S/C43H71O9P/c1-3-5-7-9-11-13-15-17-18-19-20-22-24-26-28-30-32-36-43(46)52-41(39-51-53(47,48)49)38-50-42(45)37-33-35-40(44)34-31-29-27-25-23-21-16-14-12-10-8-6-4-2/h11,13,17-18,20-23,26-29,31,34,40-41,44H,3-10,12,14-16,19,24-25,30,32-33,35-39H2,1-2H3,(H2,47,48,49)/b13-11-,18-17-,22-20-,23-21+,28-26-,29-27+,34-31+/t40?,41-/m1/s1. The molecule has 0 heterocycles. The van der Waals surface area contributed by atoms with E-state index in [-0.39, 0.29) is 12.8 Å². The summed E-state index contributed by atoms with van der Waals surface area (Å²) in [5, 5.41) is 10.2. The van der Waals surface area contributed by atoms with Gasteiger partial charge in [-0.15, -0.1) is 0 Å². The first-order valence-corrected chi connectivity index (χ1v) is 21.5. The van der Waals surface area contributed by atoms with Gasteiger partial charge in [-0.05, 0) is 77.0 Å². The van der Waals surface area contributed by atoms with Crippen LogP contribution in [0.4, 0.5) is 0 Å². The predicted octanol–water partition coefficient (Wildman–Crippen LogP) is 11.0. The van der Waals surface area contributed by atoms with Gasteiger partial charge in [-0.3, -0.25) is 14.1 Å². The Morgan fingerprint density at radius 3 is 1.68 bits per heavy atom. The number of esters is 2. The number of allylic oxidation sites excluding steroid dienone is 13. The van der Waals surface area contributed by atoms with Gasteiger partial charge in [-0.2, -0.15) is 0 Å². The molecule has 0 saturated carbocycles. The lowest BCUT2D eigenvalue weighted by atomic mass is 10.1. The Morgan fingerprint density at radius 2 is 1.08 bits per heavy atom. The molecule has 0 aliphatic carbocycles. The molecule has 10 heteroatoms. The molecule has 302 valence electrons. The van der Waals surface area contributed by atoms with Crippen LogP contribution in [0.1, 0.15) is 149 Å². The Kier molecular flexibility index (Phi) is 35.5. The maximum absolute atomic E-state index is 12.4. The summed E-state index contributed by atoms with van der Waals surface area (Å²) in [6.07, 6.45) is 46.3. The second-order valence-corrected chi connectivity index (χ2v) is 14.3. The van der Waals surface area contributed by atoms with Gasteiger partial charge in [0, 0.05) is 12.8 Å². The van der Waals surface area contributed by atoms with E-state index in [4.69, 9.17) is 19.3 Å². The Morgan fingerprint density at radius 1 is 0.585 bits per heavy atom. The highest BCUT2D eigenvalue weighted by Crippen LogP contribution is 2.36. The fourth-order valence-corrected chi connectivity index (χ4v) is 5.32. The third-order valence-electron chi connectivity index (χ3n) is 7.99. The van der Waals surface area contributed by atoms with Crippen molar-refractivity contribution < 1.29 is 43.0 Å². The van der Waals surface area contributed by atoms with Crippen molar-refractivity contribution >= 4 is 19.8 Å². The van der Waals surface area contributed by atoms with Crippen molar-refractivity contribution in [2.45, 2.75) is 161 Å². The Hall–Kier alpha value is -2.81. The highest BCUT2D eigenvalue weighted by Gasteiger charge is 2.23. The third-order valence-corrected chi connectivity index (χ3v) is 8.48. The van der Waals surface area contributed by atoms with Crippen LogP contribution in [-0.2, 0) is 28.2 Å². The number of aliphatic hydroxyl groups is 1. The summed E-state index contributed by atoms with van der Waals surface area (Å²) in [4.78, 5) is 42.8. The van der Waals surface area contributed by atoms with Crippen LogP contribution >= 0.6 is 7.82 Å². The van der Waals surface area contributed by atoms with E-state index in [1.165, 1.54) is 57.8 Å². The van der Waals surface area contributed by atoms with E-state index in [1.54, 1.807) is 12.2 Å². The molecule has 0 radical (unpaired) electrons. The zero-order valence-corrected chi connectivity index (χ0v) is 33.6. The largest absolute Gasteiger partial charge is 0.469 e. The van der Waals surface area contributed by atoms with Crippen molar-refractivity contribution in [3.05, 3.63) is 85.1 Å². The van der Waals surface area contributed by atoms with E-state index < -0.39 is 45.2 Å². The van der Waals surface area contributed by atoms with Crippen LogP contribution in [0.5, 0.6) is 0 Å². The van der Waals surface area contributed by atoms with Gasteiger partial charge in [-0.25, -0.2) is 4.57 Å². The molecule has 0 aromatic carbocycles. The van der Waals surface area contributed by atoms with Gasteiger partial charge in [0.05, 0.1) is 12.7 Å². The molecule has 3 N–H and O–H groups in total. The van der Waals surface area contributed by atoms with Crippen LogP contribution < -0.4 is 0 Å². The van der Waals surface area contributed by atoms with Crippen molar-refractivity contribution in [2.75, 3.05) is 13.2 Å². The van der Waals surface area contributed by atoms with Crippen molar-refractivity contribution in [3.8, 4) is 0 Å². The smallest absolute Gasteiger partial charge is 0.462 e. The molecular formula is C43H71O9P. The Labute approximate surface area is 321 Å². The topological polar surface area (TPSA) is 140 Å². The van der Waals surface area contributed by atoms with E-state index in [9.17, 15) is 19.3 Å². The molecular weight excluding hydrogens is 691 g/mol. The number of unbranched alkanes of at least 4 members (excludes halogenated alkanes) is 10. The molecule has 2 atom stereocenters. The minimum absolute atomic E-state index is 0.0270. The average Bonchev–Trinajstić information content (AvgIpc) is 3.12. The maximum atomic E-state index is 12.4. The number of phosphoric ester groups is 1. The molecule has 0 fully saturated rings. The summed E-state index contributed by atoms with van der Waals surface area (Å²) >= 11 is 0. The summed E-state index contributed by atoms with van der Waals surface area (Å²) < 4.78 is 26.2. The van der Waals surface area contributed by atoms with Gasteiger partial charge >= 0.3 is 19.8 Å². The number of hydrogen-bond acceptors (Lipinski definition) is 7. The lowest BCUT2D eigenvalue weighted by molar-refractivity contribution is -0.161. The average molecular weight is 763 g/mol. The Balaban J connectivity index is 4.25. The molecule has 0 spiro atoms. The third kappa shape index (κ3) is 40.2.